The van der Waals surface area contributed by atoms with Crippen LogP contribution in [0.5, 0.6) is 5.75 Å². The highest BCUT2D eigenvalue weighted by molar-refractivity contribution is 6.31. The van der Waals surface area contributed by atoms with Gasteiger partial charge in [-0.1, -0.05) is 45.9 Å². The molecule has 0 unspecified atom stereocenters. The summed E-state index contributed by atoms with van der Waals surface area (Å²) in [6.45, 7) is 11.7. The smallest absolute Gasteiger partial charge is 0.273 e. The minimum Gasteiger partial charge on any atom is -0.489 e. The Balaban J connectivity index is 1.75. The normalized spacial score (nSPS) is 21.4. The lowest BCUT2D eigenvalue weighted by Gasteiger charge is -2.63. The number of halogens is 1. The molecule has 1 aromatic carbocycles. The van der Waals surface area contributed by atoms with Crippen molar-refractivity contribution in [3.05, 3.63) is 53.1 Å². The number of aromatic nitrogens is 3. The second kappa shape index (κ2) is 7.45. The van der Waals surface area contributed by atoms with E-state index in [1.807, 2.05) is 33.8 Å². The van der Waals surface area contributed by atoms with E-state index in [0.29, 0.717) is 22.2 Å². The third kappa shape index (κ3) is 3.68. The number of hydrogen-bond donors (Lipinski definition) is 1. The molecule has 0 saturated heterocycles. The lowest BCUT2D eigenvalue weighted by molar-refractivity contribution is -0.164. The van der Waals surface area contributed by atoms with Crippen molar-refractivity contribution in [3.63, 3.8) is 0 Å². The van der Waals surface area contributed by atoms with Crippen LogP contribution in [0.3, 0.4) is 0 Å². The van der Waals surface area contributed by atoms with Crippen LogP contribution in [0.4, 0.5) is 0 Å². The van der Waals surface area contributed by atoms with Gasteiger partial charge in [-0.05, 0) is 18.2 Å². The molecule has 1 aliphatic rings. The van der Waals surface area contributed by atoms with Gasteiger partial charge >= 0.3 is 0 Å². The molecule has 150 valence electrons. The van der Waals surface area contributed by atoms with E-state index in [2.05, 4.69) is 27.1 Å². The van der Waals surface area contributed by atoms with E-state index in [0.717, 1.165) is 0 Å². The zero-order chi connectivity index (χ0) is 21.4. The average molecular weight is 412 g/mol. The number of carbonyl (C=O) groups excluding carboxylic acids is 1. The largest absolute Gasteiger partial charge is 0.489 e. The highest BCUT2D eigenvalue weighted by Crippen LogP contribution is 2.55. The summed E-state index contributed by atoms with van der Waals surface area (Å²) in [5, 5.41) is 20.1. The van der Waals surface area contributed by atoms with E-state index in [1.54, 1.807) is 18.2 Å². The Morgan fingerprint density at radius 1 is 1.31 bits per heavy atom. The molecule has 8 heteroatoms. The zero-order valence-electron chi connectivity index (χ0n) is 16.7. The lowest BCUT2D eigenvalue weighted by Crippen LogP contribution is -2.74. The first-order chi connectivity index (χ1) is 13.6. The van der Waals surface area contributed by atoms with Gasteiger partial charge in [-0.15, -0.1) is 10.2 Å². The molecule has 0 aliphatic heterocycles. The molecule has 1 amide bonds. The third-order valence-corrected chi connectivity index (χ3v) is 5.74. The zero-order valence-corrected chi connectivity index (χ0v) is 17.5. The van der Waals surface area contributed by atoms with E-state index in [-0.39, 0.29) is 34.6 Å². The van der Waals surface area contributed by atoms with Crippen LogP contribution in [0.1, 0.15) is 49.6 Å². The molecule has 3 rings (SSSR count). The van der Waals surface area contributed by atoms with Crippen molar-refractivity contribution >= 4 is 23.6 Å². The maximum Gasteiger partial charge on any atom is 0.273 e. The summed E-state index contributed by atoms with van der Waals surface area (Å²) in [7, 11) is 0. The molecule has 0 atom stereocenters. The summed E-state index contributed by atoms with van der Waals surface area (Å²) in [5.74, 6) is 0.604. The SMILES string of the molecule is C=Cc1ncc(C(=O)NC2C(C)(C)C(Oc3ccc(C#N)c(Cl)c3)C2(C)C)nn1. The minimum absolute atomic E-state index is 0.144. The van der Waals surface area contributed by atoms with E-state index in [1.165, 1.54) is 12.3 Å². The molecule has 0 radical (unpaired) electrons. The van der Waals surface area contributed by atoms with Crippen molar-refractivity contribution in [2.24, 2.45) is 10.8 Å². The van der Waals surface area contributed by atoms with Gasteiger partial charge in [0.1, 0.15) is 17.9 Å². The first kappa shape index (κ1) is 20.7. The van der Waals surface area contributed by atoms with Crippen LogP contribution in [0, 0.1) is 22.2 Å². The van der Waals surface area contributed by atoms with E-state index in [4.69, 9.17) is 21.6 Å². The van der Waals surface area contributed by atoms with Crippen molar-refractivity contribution in [3.8, 4) is 11.8 Å². The van der Waals surface area contributed by atoms with Crippen molar-refractivity contribution in [2.75, 3.05) is 0 Å². The Hall–Kier alpha value is -2.98. The molecular weight excluding hydrogens is 390 g/mol. The number of rotatable bonds is 5. The molecule has 1 N–H and O–H groups in total. The fourth-order valence-electron chi connectivity index (χ4n) is 4.28. The van der Waals surface area contributed by atoms with Gasteiger partial charge in [0, 0.05) is 22.9 Å². The highest BCUT2D eigenvalue weighted by Gasteiger charge is 2.64. The number of hydrogen-bond acceptors (Lipinski definition) is 6. The second-order valence-electron chi connectivity index (χ2n) is 8.21. The molecule has 2 aromatic rings. The fourth-order valence-corrected chi connectivity index (χ4v) is 4.50. The summed E-state index contributed by atoms with van der Waals surface area (Å²) in [6, 6.07) is 6.87. The summed E-state index contributed by atoms with van der Waals surface area (Å²) >= 11 is 6.12. The molecular formula is C21H22ClN5O2. The Labute approximate surface area is 174 Å². The van der Waals surface area contributed by atoms with Crippen molar-refractivity contribution in [1.29, 1.82) is 5.26 Å². The Morgan fingerprint density at radius 3 is 2.52 bits per heavy atom. The summed E-state index contributed by atoms with van der Waals surface area (Å²) in [5.41, 5.74) is -0.179. The first-order valence-electron chi connectivity index (χ1n) is 9.10. The molecule has 1 fully saturated rings. The van der Waals surface area contributed by atoms with Crippen LogP contribution in [-0.4, -0.2) is 33.2 Å². The molecule has 29 heavy (non-hydrogen) atoms. The third-order valence-electron chi connectivity index (χ3n) is 5.42. The molecule has 1 saturated carbocycles. The fraction of sp³-hybridized carbons (Fsp3) is 0.381. The molecule has 1 aliphatic carbocycles. The number of nitrogens with one attached hydrogen (secondary N) is 1. The monoisotopic (exact) mass is 411 g/mol. The van der Waals surface area contributed by atoms with Gasteiger partial charge in [0.15, 0.2) is 11.5 Å². The quantitative estimate of drug-likeness (QED) is 0.805. The predicted octanol–water partition coefficient (Wildman–Crippen LogP) is 3.65. The number of amides is 1. The first-order valence-corrected chi connectivity index (χ1v) is 9.48. The van der Waals surface area contributed by atoms with Crippen LogP contribution >= 0.6 is 11.6 Å². The van der Waals surface area contributed by atoms with Gasteiger partial charge in [-0.25, -0.2) is 4.98 Å². The van der Waals surface area contributed by atoms with Crippen LogP contribution in [0.2, 0.25) is 5.02 Å². The van der Waals surface area contributed by atoms with E-state index in [9.17, 15) is 4.79 Å². The highest BCUT2D eigenvalue weighted by atomic mass is 35.5. The van der Waals surface area contributed by atoms with Crippen LogP contribution < -0.4 is 10.1 Å². The Bertz CT molecular complexity index is 979. The van der Waals surface area contributed by atoms with Crippen molar-refractivity contribution in [2.45, 2.75) is 39.8 Å². The van der Waals surface area contributed by atoms with Gasteiger partial charge in [-0.2, -0.15) is 5.26 Å². The van der Waals surface area contributed by atoms with Crippen LogP contribution in [-0.2, 0) is 0 Å². The van der Waals surface area contributed by atoms with Gasteiger partial charge in [0.05, 0.1) is 16.8 Å². The van der Waals surface area contributed by atoms with Crippen LogP contribution in [0.25, 0.3) is 6.08 Å². The summed E-state index contributed by atoms with van der Waals surface area (Å²) in [4.78, 5) is 16.7. The molecule has 0 bridgehead atoms. The van der Waals surface area contributed by atoms with E-state index >= 15 is 0 Å². The number of benzene rings is 1. The molecule has 7 nitrogen and oxygen atoms in total. The van der Waals surface area contributed by atoms with Gasteiger partial charge in [-0.3, -0.25) is 4.79 Å². The van der Waals surface area contributed by atoms with E-state index < -0.39 is 0 Å². The van der Waals surface area contributed by atoms with Crippen LogP contribution in [0.15, 0.2) is 31.0 Å². The number of carbonyl (C=O) groups is 1. The predicted molar refractivity (Wildman–Crippen MR) is 109 cm³/mol. The van der Waals surface area contributed by atoms with Gasteiger partial charge < -0.3 is 10.1 Å². The number of ether oxygens (including phenoxy) is 1. The summed E-state index contributed by atoms with van der Waals surface area (Å²) in [6.07, 6.45) is 2.66. The van der Waals surface area contributed by atoms with Crippen molar-refractivity contribution < 1.29 is 9.53 Å². The Morgan fingerprint density at radius 2 is 2.00 bits per heavy atom. The van der Waals surface area contributed by atoms with Gasteiger partial charge in [0.2, 0.25) is 0 Å². The molecule has 0 spiro atoms. The minimum atomic E-state index is -0.360. The van der Waals surface area contributed by atoms with Crippen molar-refractivity contribution in [1.82, 2.24) is 20.5 Å². The Kier molecular flexibility index (Phi) is 5.33. The molecule has 1 heterocycles. The standard InChI is InChI=1S/C21H22ClN5O2/c1-6-16-24-11-15(26-27-16)17(28)25-18-20(2,3)19(21(18,4)5)29-13-8-7-12(10-23)14(22)9-13/h6-9,11,18-19H,1H2,2-5H3,(H,25,28). The lowest BCUT2D eigenvalue weighted by atomic mass is 9.49. The van der Waals surface area contributed by atoms with Gasteiger partial charge in [0.25, 0.3) is 5.91 Å². The molecule has 1 aromatic heterocycles. The average Bonchev–Trinajstić information content (AvgIpc) is 2.69. The topological polar surface area (TPSA) is 101 Å². The number of nitrogens with zero attached hydrogens (tertiary/aromatic N) is 4. The maximum absolute atomic E-state index is 12.6. The second-order valence-corrected chi connectivity index (χ2v) is 8.61. The summed E-state index contributed by atoms with van der Waals surface area (Å²) < 4.78 is 6.21. The number of nitriles is 1. The maximum atomic E-state index is 12.6.